The zero-order chi connectivity index (χ0) is 25.8. The van der Waals surface area contributed by atoms with Crippen LogP contribution in [-0.2, 0) is 14.3 Å². The van der Waals surface area contributed by atoms with Crippen molar-refractivity contribution in [2.24, 2.45) is 17.8 Å². The van der Waals surface area contributed by atoms with Gasteiger partial charge < -0.3 is 14.0 Å². The van der Waals surface area contributed by atoms with E-state index in [2.05, 4.69) is 27.7 Å². The van der Waals surface area contributed by atoms with Gasteiger partial charge in [0.1, 0.15) is 5.75 Å². The van der Waals surface area contributed by atoms with Crippen LogP contribution >= 0.6 is 0 Å². The fourth-order valence-corrected chi connectivity index (χ4v) is 4.62. The van der Waals surface area contributed by atoms with E-state index in [4.69, 9.17) is 14.5 Å². The third-order valence-corrected chi connectivity index (χ3v) is 6.60. The van der Waals surface area contributed by atoms with E-state index in [0.717, 1.165) is 35.2 Å². The van der Waals surface area contributed by atoms with Crippen molar-refractivity contribution in [1.82, 2.24) is 9.55 Å². The topological polar surface area (TPSA) is 73.7 Å². The number of hydrogen-bond donors (Lipinski definition) is 0. The number of hydrogen-bond acceptors (Lipinski definition) is 5. The van der Waals surface area contributed by atoms with Crippen LogP contribution in [0.2, 0.25) is 0 Å². The Bertz CT molecular complexity index is 1200. The van der Waals surface area contributed by atoms with Crippen molar-refractivity contribution in [2.45, 2.75) is 53.5 Å². The van der Waals surface area contributed by atoms with E-state index >= 15 is 0 Å². The summed E-state index contributed by atoms with van der Waals surface area (Å²) in [7, 11) is 0. The van der Waals surface area contributed by atoms with Gasteiger partial charge in [-0.15, -0.1) is 0 Å². The molecule has 0 radical (unpaired) electrons. The second-order valence-corrected chi connectivity index (χ2v) is 10.2. The first-order valence-corrected chi connectivity index (χ1v) is 13.0. The number of carbonyl (C=O) groups excluding carboxylic acids is 2. The lowest BCUT2D eigenvalue weighted by atomic mass is 9.89. The predicted octanol–water partition coefficient (Wildman–Crippen LogP) is 5.62. The van der Waals surface area contributed by atoms with Gasteiger partial charge in [0.2, 0.25) is 11.9 Å². The number of amides is 1. The standard InChI is InChI=1S/C29H37N3O4/c1-6-35-28(34)25-26(21-11-13-22(14-12-21)36-18-16-20(4)5)32-24-10-8-7-9-23(24)30-29(32)31(27(25)33)17-15-19(2)3/h7-14,19-20,25-26H,6,15-18H2,1-5H3. The molecule has 0 N–H and O–H groups in total. The molecular weight excluding hydrogens is 454 g/mol. The highest BCUT2D eigenvalue weighted by Crippen LogP contribution is 2.41. The fourth-order valence-electron chi connectivity index (χ4n) is 4.62. The van der Waals surface area contributed by atoms with Crippen LogP contribution in [0.1, 0.15) is 59.1 Å². The molecule has 1 aliphatic heterocycles. The van der Waals surface area contributed by atoms with E-state index in [0.29, 0.717) is 30.9 Å². The number of ether oxygens (including phenoxy) is 2. The molecule has 1 aliphatic rings. The van der Waals surface area contributed by atoms with Gasteiger partial charge in [-0.25, -0.2) is 4.98 Å². The summed E-state index contributed by atoms with van der Waals surface area (Å²) in [6.07, 6.45) is 1.78. The van der Waals surface area contributed by atoms with E-state index in [1.165, 1.54) is 0 Å². The predicted molar refractivity (Wildman–Crippen MR) is 141 cm³/mol. The Hall–Kier alpha value is -3.35. The fraction of sp³-hybridized carbons (Fsp3) is 0.483. The van der Waals surface area contributed by atoms with E-state index in [-0.39, 0.29) is 12.5 Å². The molecule has 0 saturated heterocycles. The smallest absolute Gasteiger partial charge is 0.321 e. The van der Waals surface area contributed by atoms with Crippen LogP contribution in [0.3, 0.4) is 0 Å². The molecule has 7 nitrogen and oxygen atoms in total. The number of benzene rings is 2. The van der Waals surface area contributed by atoms with Gasteiger partial charge in [-0.1, -0.05) is 52.0 Å². The first-order chi connectivity index (χ1) is 17.3. The van der Waals surface area contributed by atoms with Crippen LogP contribution in [-0.4, -0.2) is 41.2 Å². The molecule has 0 spiro atoms. The second kappa shape index (κ2) is 11.1. The Morgan fingerprint density at radius 1 is 1.00 bits per heavy atom. The number of para-hydroxylation sites is 2. The molecule has 0 fully saturated rings. The summed E-state index contributed by atoms with van der Waals surface area (Å²) in [4.78, 5) is 33.7. The maximum atomic E-state index is 13.9. The Morgan fingerprint density at radius 2 is 1.69 bits per heavy atom. The highest BCUT2D eigenvalue weighted by atomic mass is 16.5. The zero-order valence-corrected chi connectivity index (χ0v) is 21.9. The minimum absolute atomic E-state index is 0.210. The van der Waals surface area contributed by atoms with Gasteiger partial charge in [0.05, 0.1) is 30.3 Å². The van der Waals surface area contributed by atoms with E-state index in [9.17, 15) is 9.59 Å². The van der Waals surface area contributed by atoms with Crippen LogP contribution in [0.25, 0.3) is 11.0 Å². The normalized spacial score (nSPS) is 17.6. The number of imidazole rings is 1. The molecule has 2 atom stereocenters. The van der Waals surface area contributed by atoms with E-state index in [1.807, 2.05) is 53.1 Å². The molecule has 1 amide bonds. The van der Waals surface area contributed by atoms with Crippen molar-refractivity contribution < 1.29 is 19.1 Å². The third-order valence-electron chi connectivity index (χ3n) is 6.60. The summed E-state index contributed by atoms with van der Waals surface area (Å²) in [6.45, 7) is 11.7. The summed E-state index contributed by atoms with van der Waals surface area (Å²) in [6, 6.07) is 14.9. The largest absolute Gasteiger partial charge is 0.494 e. The SMILES string of the molecule is CCOC(=O)C1C(=O)N(CCC(C)C)c2nc3ccccc3n2C1c1ccc(OCCC(C)C)cc1. The van der Waals surface area contributed by atoms with Crippen molar-refractivity contribution in [3.8, 4) is 5.75 Å². The van der Waals surface area contributed by atoms with Crippen molar-refractivity contribution in [3.63, 3.8) is 0 Å². The maximum absolute atomic E-state index is 13.9. The van der Waals surface area contributed by atoms with Crippen LogP contribution in [0.4, 0.5) is 5.95 Å². The summed E-state index contributed by atoms with van der Waals surface area (Å²) < 4.78 is 13.4. The number of carbonyl (C=O) groups is 2. The van der Waals surface area contributed by atoms with Gasteiger partial charge in [0, 0.05) is 6.54 Å². The van der Waals surface area contributed by atoms with Crippen LogP contribution in [0.15, 0.2) is 48.5 Å². The summed E-state index contributed by atoms with van der Waals surface area (Å²) in [5.74, 6) is 0.525. The van der Waals surface area contributed by atoms with Gasteiger partial charge in [-0.3, -0.25) is 14.5 Å². The molecule has 0 aliphatic carbocycles. The molecule has 3 aromatic rings. The quantitative estimate of drug-likeness (QED) is 0.272. The molecule has 2 unspecified atom stereocenters. The Morgan fingerprint density at radius 3 is 2.36 bits per heavy atom. The monoisotopic (exact) mass is 491 g/mol. The minimum atomic E-state index is -1.00. The molecule has 0 saturated carbocycles. The zero-order valence-electron chi connectivity index (χ0n) is 21.9. The van der Waals surface area contributed by atoms with Crippen molar-refractivity contribution in [3.05, 3.63) is 54.1 Å². The number of anilines is 1. The molecular formula is C29H37N3O4. The average Bonchev–Trinajstić information content (AvgIpc) is 3.22. The Labute approximate surface area is 213 Å². The number of aromatic nitrogens is 2. The Kier molecular flexibility index (Phi) is 7.97. The highest BCUT2D eigenvalue weighted by Gasteiger charge is 2.47. The number of fused-ring (bicyclic) bond motifs is 3. The first kappa shape index (κ1) is 25.7. The van der Waals surface area contributed by atoms with E-state index < -0.39 is 17.9 Å². The van der Waals surface area contributed by atoms with Crippen LogP contribution in [0.5, 0.6) is 5.75 Å². The molecule has 2 heterocycles. The number of rotatable bonds is 10. The molecule has 192 valence electrons. The maximum Gasteiger partial charge on any atom is 0.321 e. The van der Waals surface area contributed by atoms with Gasteiger partial charge in [-0.2, -0.15) is 0 Å². The summed E-state index contributed by atoms with van der Waals surface area (Å²) >= 11 is 0. The van der Waals surface area contributed by atoms with Gasteiger partial charge in [0.25, 0.3) is 0 Å². The van der Waals surface area contributed by atoms with Crippen molar-refractivity contribution in [1.29, 1.82) is 0 Å². The molecule has 2 aromatic carbocycles. The van der Waals surface area contributed by atoms with Gasteiger partial charge >= 0.3 is 5.97 Å². The minimum Gasteiger partial charge on any atom is -0.494 e. The lowest BCUT2D eigenvalue weighted by Gasteiger charge is -2.38. The van der Waals surface area contributed by atoms with Crippen LogP contribution in [0, 0.1) is 17.8 Å². The average molecular weight is 492 g/mol. The second-order valence-electron chi connectivity index (χ2n) is 10.2. The van der Waals surface area contributed by atoms with Gasteiger partial charge in [0.15, 0.2) is 5.92 Å². The molecule has 0 bridgehead atoms. The van der Waals surface area contributed by atoms with Gasteiger partial charge in [-0.05, 0) is 61.4 Å². The van der Waals surface area contributed by atoms with E-state index in [1.54, 1.807) is 11.8 Å². The highest BCUT2D eigenvalue weighted by molar-refractivity contribution is 6.08. The van der Waals surface area contributed by atoms with Crippen molar-refractivity contribution >= 4 is 28.9 Å². The number of nitrogens with zero attached hydrogens (tertiary/aromatic N) is 3. The summed E-state index contributed by atoms with van der Waals surface area (Å²) in [5.41, 5.74) is 2.51. The molecule has 4 rings (SSSR count). The lowest BCUT2D eigenvalue weighted by molar-refractivity contribution is -0.153. The Balaban J connectivity index is 1.81. The summed E-state index contributed by atoms with van der Waals surface area (Å²) in [5, 5.41) is 0. The third kappa shape index (κ3) is 5.25. The molecule has 1 aromatic heterocycles. The first-order valence-electron chi connectivity index (χ1n) is 13.0. The van der Waals surface area contributed by atoms with Crippen molar-refractivity contribution in [2.75, 3.05) is 24.7 Å². The molecule has 36 heavy (non-hydrogen) atoms. The van der Waals surface area contributed by atoms with Crippen LogP contribution < -0.4 is 9.64 Å². The number of esters is 1. The molecule has 7 heteroatoms. The lowest BCUT2D eigenvalue weighted by Crippen LogP contribution is -2.50.